The largest absolute Gasteiger partial charge is 0.487 e. The first kappa shape index (κ1) is 41.0. The number of hydrogen-bond acceptors (Lipinski definition) is 13. The molecule has 53 heavy (non-hydrogen) atoms. The number of carbonyl (C=O) groups excluding carboxylic acids is 2. The lowest BCUT2D eigenvalue weighted by Crippen LogP contribution is -2.56. The summed E-state index contributed by atoms with van der Waals surface area (Å²) in [4.78, 5) is 30.6. The molecule has 3 saturated heterocycles. The van der Waals surface area contributed by atoms with Crippen LogP contribution in [0.4, 0.5) is 4.79 Å². The van der Waals surface area contributed by atoms with Gasteiger partial charge in [0, 0.05) is 18.5 Å². The topological polar surface area (TPSA) is 205 Å². The molecular formula is C36H56N4O12S. The Hall–Kier alpha value is -3.22. The van der Waals surface area contributed by atoms with Crippen LogP contribution >= 0.6 is 0 Å². The Bertz CT molecular complexity index is 1740. The molecular weight excluding hydrogens is 712 g/mol. The van der Waals surface area contributed by atoms with Gasteiger partial charge in [0.25, 0.3) is 10.0 Å². The van der Waals surface area contributed by atoms with Gasteiger partial charge in [-0.2, -0.15) is 0 Å². The number of carbonyl (C=O) groups is 2. The summed E-state index contributed by atoms with van der Waals surface area (Å²) in [6, 6.07) is -1.14. The van der Waals surface area contributed by atoms with Gasteiger partial charge in [0.1, 0.15) is 54.0 Å². The lowest BCUT2D eigenvalue weighted by molar-refractivity contribution is -0.242. The molecule has 5 rings (SSSR count). The van der Waals surface area contributed by atoms with Gasteiger partial charge < -0.3 is 48.9 Å². The highest BCUT2D eigenvalue weighted by molar-refractivity contribution is 7.90. The van der Waals surface area contributed by atoms with Crippen molar-refractivity contribution < 1.29 is 55.9 Å². The number of ether oxygens (including phenoxy) is 8. The highest BCUT2D eigenvalue weighted by Gasteiger charge is 2.61. The van der Waals surface area contributed by atoms with E-state index in [1.807, 2.05) is 20.8 Å². The summed E-state index contributed by atoms with van der Waals surface area (Å²) in [6.45, 7) is 21.2. The van der Waals surface area contributed by atoms with Crippen LogP contribution in [0.3, 0.4) is 0 Å². The maximum Gasteiger partial charge on any atom is 0.408 e. The van der Waals surface area contributed by atoms with E-state index in [2.05, 4.69) is 15.0 Å². The van der Waals surface area contributed by atoms with E-state index >= 15 is 0 Å². The molecule has 4 aliphatic heterocycles. The maximum atomic E-state index is 13.6. The molecule has 0 aliphatic carbocycles. The van der Waals surface area contributed by atoms with E-state index in [0.717, 1.165) is 11.1 Å². The van der Waals surface area contributed by atoms with Crippen LogP contribution in [0.1, 0.15) is 97.4 Å². The Morgan fingerprint density at radius 1 is 0.943 bits per heavy atom. The predicted molar refractivity (Wildman–Crippen MR) is 192 cm³/mol. The summed E-state index contributed by atoms with van der Waals surface area (Å²) in [5.74, 6) is -2.20. The van der Waals surface area contributed by atoms with Crippen molar-refractivity contribution in [3.63, 3.8) is 0 Å². The highest BCUT2D eigenvalue weighted by Crippen LogP contribution is 2.45. The van der Waals surface area contributed by atoms with Crippen molar-refractivity contribution in [3.05, 3.63) is 22.3 Å². The predicted octanol–water partition coefficient (Wildman–Crippen LogP) is 3.53. The van der Waals surface area contributed by atoms with Gasteiger partial charge in [-0.25, -0.2) is 22.7 Å². The van der Waals surface area contributed by atoms with Crippen LogP contribution in [-0.2, 0) is 54.4 Å². The monoisotopic (exact) mass is 768 g/mol. The molecule has 6 atom stereocenters. The first-order chi connectivity index (χ1) is 24.3. The van der Waals surface area contributed by atoms with E-state index in [1.54, 1.807) is 62.3 Å². The molecule has 1 amide bonds. The van der Waals surface area contributed by atoms with E-state index in [1.165, 1.54) is 0 Å². The third-order valence-electron chi connectivity index (χ3n) is 9.35. The van der Waals surface area contributed by atoms with E-state index in [4.69, 9.17) is 43.6 Å². The second-order valence-electron chi connectivity index (χ2n) is 16.6. The van der Waals surface area contributed by atoms with Gasteiger partial charge >= 0.3 is 12.1 Å². The van der Waals surface area contributed by atoms with E-state index < -0.39 is 81.6 Å². The minimum absolute atomic E-state index is 0.0310. The van der Waals surface area contributed by atoms with Gasteiger partial charge in [0.2, 0.25) is 5.96 Å². The summed E-state index contributed by atoms with van der Waals surface area (Å²) in [5.41, 5.74) is 7.55. The molecule has 0 saturated carbocycles. The van der Waals surface area contributed by atoms with Crippen LogP contribution in [-0.4, -0.2) is 99.1 Å². The molecule has 0 radical (unpaired) electrons. The van der Waals surface area contributed by atoms with Crippen LogP contribution in [0.15, 0.2) is 9.89 Å². The lowest BCUT2D eigenvalue weighted by atomic mass is 9.94. The molecule has 0 aromatic heterocycles. The number of fused-ring (bicyclic) bond motifs is 4. The Kier molecular flexibility index (Phi) is 11.2. The first-order valence-corrected chi connectivity index (χ1v) is 19.4. The van der Waals surface area contributed by atoms with Gasteiger partial charge in [-0.15, -0.1) is 0 Å². The van der Waals surface area contributed by atoms with Crippen LogP contribution < -0.4 is 20.5 Å². The molecule has 0 spiro atoms. The van der Waals surface area contributed by atoms with Gasteiger partial charge in [-0.1, -0.05) is 0 Å². The number of amides is 1. The SMILES string of the molecule is Cc1c(C)c(S(=O)(=O)NC(N)=NCCC[C@@H](NC(=O)OC(C)(C)C)C(=O)OC[C@H]2O[C@@H]3OC(C)(C)O[C@@H]3[C@H]3OC(C)(C)O[C@H]32)c(C)c2c1OC(C)(C)C2. The normalized spacial score (nSPS) is 27.5. The van der Waals surface area contributed by atoms with Crippen molar-refractivity contribution >= 4 is 28.0 Å². The summed E-state index contributed by atoms with van der Waals surface area (Å²) in [7, 11) is -4.10. The van der Waals surface area contributed by atoms with Crippen molar-refractivity contribution in [2.45, 2.75) is 167 Å². The van der Waals surface area contributed by atoms with Gasteiger partial charge in [0.15, 0.2) is 17.9 Å². The minimum Gasteiger partial charge on any atom is -0.487 e. The molecule has 0 unspecified atom stereocenters. The Labute approximate surface area is 312 Å². The minimum atomic E-state index is -4.10. The number of hydrogen-bond donors (Lipinski definition) is 3. The third-order valence-corrected chi connectivity index (χ3v) is 11.0. The number of sulfonamides is 1. The van der Waals surface area contributed by atoms with Crippen LogP contribution in [0, 0.1) is 20.8 Å². The Morgan fingerprint density at radius 2 is 1.57 bits per heavy atom. The quantitative estimate of drug-likeness (QED) is 0.135. The van der Waals surface area contributed by atoms with Gasteiger partial charge in [0.05, 0.1) is 4.90 Å². The smallest absolute Gasteiger partial charge is 0.408 e. The zero-order chi connectivity index (χ0) is 39.5. The molecule has 4 N–H and O–H groups in total. The fourth-order valence-electron chi connectivity index (χ4n) is 7.15. The Balaban J connectivity index is 1.23. The average Bonchev–Trinajstić information content (AvgIpc) is 3.62. The van der Waals surface area contributed by atoms with Gasteiger partial charge in [-0.3, -0.25) is 4.99 Å². The first-order valence-electron chi connectivity index (χ1n) is 18.0. The summed E-state index contributed by atoms with van der Waals surface area (Å²) in [5, 5.41) is 2.58. The zero-order valence-electron chi connectivity index (χ0n) is 32.8. The maximum absolute atomic E-state index is 13.6. The van der Waals surface area contributed by atoms with Crippen molar-refractivity contribution in [1.82, 2.24) is 10.0 Å². The number of alkyl carbamates (subject to hydrolysis) is 1. The summed E-state index contributed by atoms with van der Waals surface area (Å²) in [6.07, 6.45) is -3.19. The second-order valence-corrected chi connectivity index (χ2v) is 18.2. The summed E-state index contributed by atoms with van der Waals surface area (Å²) >= 11 is 0. The third kappa shape index (κ3) is 9.36. The number of rotatable bonds is 10. The molecule has 3 fully saturated rings. The average molecular weight is 769 g/mol. The van der Waals surface area contributed by atoms with E-state index in [-0.39, 0.29) is 36.8 Å². The van der Waals surface area contributed by atoms with Crippen LogP contribution in [0.2, 0.25) is 0 Å². The van der Waals surface area contributed by atoms with Crippen molar-refractivity contribution in [1.29, 1.82) is 0 Å². The zero-order valence-corrected chi connectivity index (χ0v) is 33.6. The molecule has 1 aromatic rings. The van der Waals surface area contributed by atoms with E-state index in [9.17, 15) is 18.0 Å². The fourth-order valence-corrected chi connectivity index (χ4v) is 8.68. The number of nitrogens with zero attached hydrogens (tertiary/aromatic N) is 1. The van der Waals surface area contributed by atoms with E-state index in [0.29, 0.717) is 23.3 Å². The van der Waals surface area contributed by atoms with Crippen molar-refractivity contribution in [2.24, 2.45) is 10.7 Å². The highest BCUT2D eigenvalue weighted by atomic mass is 32.2. The summed E-state index contributed by atoms with van der Waals surface area (Å²) < 4.78 is 77.1. The Morgan fingerprint density at radius 3 is 2.23 bits per heavy atom. The number of guanidine groups is 1. The standard InChI is InChI=1S/C36H56N4O12S/c1-18-19(2)28(20(3)21-16-34(7,8)47-24(18)21)53(43,44)40-31(37)38-15-13-14-22(39-32(42)52-33(4,5)6)29(41)45-17-23-25-26(49-35(9,10)48-25)27-30(46-23)51-36(11,12)50-27/h22-23,25-27,30H,13-17H2,1-12H3,(H,39,42)(H3,37,38,40)/t22-,23-,25+,26+,27-,30-/m1/s1. The second kappa shape index (κ2) is 14.5. The van der Waals surface area contributed by atoms with Crippen molar-refractivity contribution in [3.8, 4) is 5.75 Å². The molecule has 4 heterocycles. The number of esters is 1. The molecule has 1 aromatic carbocycles. The van der Waals surface area contributed by atoms with Crippen LogP contribution in [0.5, 0.6) is 5.75 Å². The van der Waals surface area contributed by atoms with Crippen molar-refractivity contribution in [2.75, 3.05) is 13.2 Å². The lowest BCUT2D eigenvalue weighted by Gasteiger charge is -2.37. The molecule has 0 bridgehead atoms. The fraction of sp³-hybridized carbons (Fsp3) is 0.750. The number of benzene rings is 1. The number of nitrogens with one attached hydrogen (secondary N) is 2. The molecule has 4 aliphatic rings. The molecule has 17 heteroatoms. The van der Waals surface area contributed by atoms with Crippen LogP contribution in [0.25, 0.3) is 0 Å². The number of aliphatic imine (C=N–C) groups is 1. The number of nitrogens with two attached hydrogens (primary N) is 1. The molecule has 16 nitrogen and oxygen atoms in total. The molecule has 298 valence electrons. The van der Waals surface area contributed by atoms with Gasteiger partial charge in [-0.05, 0) is 113 Å².